The Labute approximate surface area is 107 Å². The van der Waals surface area contributed by atoms with Gasteiger partial charge in [-0.15, -0.1) is 0 Å². The third kappa shape index (κ3) is 3.53. The molecule has 2 rings (SSSR count). The number of aryl methyl sites for hydroxylation is 1. The van der Waals surface area contributed by atoms with Gasteiger partial charge < -0.3 is 10.5 Å². The zero-order valence-corrected chi connectivity index (χ0v) is 10.2. The van der Waals surface area contributed by atoms with Crippen molar-refractivity contribution < 1.29 is 4.74 Å². The smallest absolute Gasteiger partial charge is 0.142 e. The van der Waals surface area contributed by atoms with Crippen LogP contribution in [0.1, 0.15) is 17.7 Å². The quantitative estimate of drug-likeness (QED) is 0.788. The average molecular weight is 243 g/mol. The van der Waals surface area contributed by atoms with Crippen molar-refractivity contribution in [2.75, 3.05) is 6.61 Å². The summed E-state index contributed by atoms with van der Waals surface area (Å²) >= 11 is 0. The molecule has 4 heteroatoms. The zero-order chi connectivity index (χ0) is 12.6. The van der Waals surface area contributed by atoms with Gasteiger partial charge in [0, 0.05) is 25.1 Å². The Kier molecular flexibility index (Phi) is 4.67. The van der Waals surface area contributed by atoms with Crippen LogP contribution in [0, 0.1) is 0 Å². The van der Waals surface area contributed by atoms with Crippen molar-refractivity contribution in [3.8, 4) is 5.75 Å². The Morgan fingerprint density at radius 1 is 1.11 bits per heavy atom. The number of rotatable bonds is 6. The second-order valence-corrected chi connectivity index (χ2v) is 3.96. The molecule has 0 fully saturated rings. The molecule has 4 nitrogen and oxygen atoms in total. The van der Waals surface area contributed by atoms with Gasteiger partial charge in [-0.05, 0) is 42.7 Å². The Morgan fingerprint density at radius 2 is 1.94 bits per heavy atom. The fourth-order valence-corrected chi connectivity index (χ4v) is 1.72. The van der Waals surface area contributed by atoms with E-state index in [0.717, 1.165) is 24.3 Å². The highest BCUT2D eigenvalue weighted by atomic mass is 16.5. The third-order valence-corrected chi connectivity index (χ3v) is 2.66. The van der Waals surface area contributed by atoms with E-state index in [1.54, 1.807) is 6.20 Å². The van der Waals surface area contributed by atoms with Crippen LogP contribution in [0.2, 0.25) is 0 Å². The van der Waals surface area contributed by atoms with E-state index in [4.69, 9.17) is 10.5 Å². The van der Waals surface area contributed by atoms with Crippen LogP contribution in [-0.2, 0) is 13.0 Å². The van der Waals surface area contributed by atoms with E-state index in [1.807, 2.05) is 36.7 Å². The van der Waals surface area contributed by atoms with Crippen LogP contribution in [-0.4, -0.2) is 16.6 Å². The Hall–Kier alpha value is -1.94. The fourth-order valence-electron chi connectivity index (χ4n) is 1.72. The molecule has 2 N–H and O–H groups in total. The van der Waals surface area contributed by atoms with Gasteiger partial charge >= 0.3 is 0 Å². The summed E-state index contributed by atoms with van der Waals surface area (Å²) in [5.74, 6) is 0.787. The first kappa shape index (κ1) is 12.5. The van der Waals surface area contributed by atoms with Gasteiger partial charge in [0.05, 0.1) is 12.3 Å². The summed E-state index contributed by atoms with van der Waals surface area (Å²) < 4.78 is 5.69. The molecule has 0 bridgehead atoms. The molecule has 2 aromatic heterocycles. The Bertz CT molecular complexity index is 473. The lowest BCUT2D eigenvalue weighted by atomic mass is 10.1. The standard InChI is InChI=1S/C14H17N3O/c15-11-13-14(4-1-7-17-13)18-10-2-3-12-5-8-16-9-6-12/h1,4-9H,2-3,10-11,15H2. The maximum absolute atomic E-state index is 5.69. The lowest BCUT2D eigenvalue weighted by Crippen LogP contribution is -2.06. The van der Waals surface area contributed by atoms with E-state index < -0.39 is 0 Å². The molecule has 0 atom stereocenters. The minimum absolute atomic E-state index is 0.403. The molecule has 2 heterocycles. The molecule has 94 valence electrons. The first-order valence-electron chi connectivity index (χ1n) is 6.06. The van der Waals surface area contributed by atoms with Gasteiger partial charge in [0.2, 0.25) is 0 Å². The summed E-state index contributed by atoms with van der Waals surface area (Å²) in [7, 11) is 0. The molecule has 0 aromatic carbocycles. The van der Waals surface area contributed by atoms with Crippen LogP contribution < -0.4 is 10.5 Å². The summed E-state index contributed by atoms with van der Waals surface area (Å²) in [5.41, 5.74) is 7.68. The van der Waals surface area contributed by atoms with Gasteiger partial charge in [-0.25, -0.2) is 0 Å². The largest absolute Gasteiger partial charge is 0.492 e. The van der Waals surface area contributed by atoms with Crippen LogP contribution in [0.3, 0.4) is 0 Å². The average Bonchev–Trinajstić information content (AvgIpc) is 2.45. The fraction of sp³-hybridized carbons (Fsp3) is 0.286. The number of aromatic nitrogens is 2. The van der Waals surface area contributed by atoms with E-state index in [9.17, 15) is 0 Å². The zero-order valence-electron chi connectivity index (χ0n) is 10.2. The Balaban J connectivity index is 1.78. The molecule has 0 saturated carbocycles. The normalized spacial score (nSPS) is 10.3. The van der Waals surface area contributed by atoms with E-state index in [1.165, 1.54) is 5.56 Å². The maximum Gasteiger partial charge on any atom is 0.142 e. The first-order valence-corrected chi connectivity index (χ1v) is 6.06. The molecular formula is C14H17N3O. The van der Waals surface area contributed by atoms with Crippen molar-refractivity contribution in [1.29, 1.82) is 0 Å². The number of hydrogen-bond acceptors (Lipinski definition) is 4. The molecular weight excluding hydrogens is 226 g/mol. The highest BCUT2D eigenvalue weighted by Gasteiger charge is 2.01. The van der Waals surface area contributed by atoms with Crippen molar-refractivity contribution in [3.05, 3.63) is 54.1 Å². The van der Waals surface area contributed by atoms with Crippen molar-refractivity contribution in [3.63, 3.8) is 0 Å². The van der Waals surface area contributed by atoms with Crippen LogP contribution in [0.4, 0.5) is 0 Å². The number of pyridine rings is 2. The van der Waals surface area contributed by atoms with Gasteiger partial charge in [-0.2, -0.15) is 0 Å². The van der Waals surface area contributed by atoms with Gasteiger partial charge in [0.1, 0.15) is 5.75 Å². The molecule has 0 amide bonds. The molecule has 0 unspecified atom stereocenters. The van der Waals surface area contributed by atoms with Crippen LogP contribution in [0.5, 0.6) is 5.75 Å². The first-order chi connectivity index (χ1) is 8.90. The third-order valence-electron chi connectivity index (χ3n) is 2.66. The molecule has 0 spiro atoms. The van der Waals surface area contributed by atoms with E-state index in [2.05, 4.69) is 9.97 Å². The second kappa shape index (κ2) is 6.71. The topological polar surface area (TPSA) is 61.0 Å². The summed E-state index contributed by atoms with van der Waals surface area (Å²) in [5, 5.41) is 0. The number of ether oxygens (including phenoxy) is 1. The second-order valence-electron chi connectivity index (χ2n) is 3.96. The predicted octanol–water partition coefficient (Wildman–Crippen LogP) is 1.95. The molecule has 18 heavy (non-hydrogen) atoms. The minimum Gasteiger partial charge on any atom is -0.492 e. The summed E-state index contributed by atoms with van der Waals surface area (Å²) in [6, 6.07) is 7.81. The number of hydrogen-bond donors (Lipinski definition) is 1. The number of nitrogens with two attached hydrogens (primary N) is 1. The highest BCUT2D eigenvalue weighted by Crippen LogP contribution is 2.14. The van der Waals surface area contributed by atoms with Crippen LogP contribution >= 0.6 is 0 Å². The van der Waals surface area contributed by atoms with Crippen molar-refractivity contribution in [1.82, 2.24) is 9.97 Å². The summed E-state index contributed by atoms with van der Waals surface area (Å²) in [6.07, 6.45) is 7.29. The molecule has 0 saturated heterocycles. The minimum atomic E-state index is 0.403. The van der Waals surface area contributed by atoms with Gasteiger partial charge in [0.15, 0.2) is 0 Å². The molecule has 0 aliphatic rings. The maximum atomic E-state index is 5.69. The van der Waals surface area contributed by atoms with E-state index in [0.29, 0.717) is 13.2 Å². The van der Waals surface area contributed by atoms with Gasteiger partial charge in [-0.3, -0.25) is 9.97 Å². The van der Waals surface area contributed by atoms with Crippen LogP contribution in [0.15, 0.2) is 42.9 Å². The predicted molar refractivity (Wildman–Crippen MR) is 70.2 cm³/mol. The SMILES string of the molecule is NCc1ncccc1OCCCc1ccncc1. The monoisotopic (exact) mass is 243 g/mol. The summed E-state index contributed by atoms with van der Waals surface area (Å²) in [4.78, 5) is 8.17. The highest BCUT2D eigenvalue weighted by molar-refractivity contribution is 5.26. The van der Waals surface area contributed by atoms with Crippen molar-refractivity contribution >= 4 is 0 Å². The van der Waals surface area contributed by atoms with Crippen molar-refractivity contribution in [2.45, 2.75) is 19.4 Å². The lowest BCUT2D eigenvalue weighted by molar-refractivity contribution is 0.306. The number of nitrogens with zero attached hydrogens (tertiary/aromatic N) is 2. The Morgan fingerprint density at radius 3 is 2.72 bits per heavy atom. The molecule has 0 aliphatic heterocycles. The van der Waals surface area contributed by atoms with Gasteiger partial charge in [0.25, 0.3) is 0 Å². The van der Waals surface area contributed by atoms with Crippen LogP contribution in [0.25, 0.3) is 0 Å². The molecule has 2 aromatic rings. The van der Waals surface area contributed by atoms with E-state index >= 15 is 0 Å². The van der Waals surface area contributed by atoms with Gasteiger partial charge in [-0.1, -0.05) is 0 Å². The molecule has 0 radical (unpaired) electrons. The lowest BCUT2D eigenvalue weighted by Gasteiger charge is -2.09. The molecule has 0 aliphatic carbocycles. The van der Waals surface area contributed by atoms with E-state index in [-0.39, 0.29) is 0 Å². The summed E-state index contributed by atoms with van der Waals surface area (Å²) in [6.45, 7) is 1.07. The van der Waals surface area contributed by atoms with Crippen molar-refractivity contribution in [2.24, 2.45) is 5.73 Å².